The van der Waals surface area contributed by atoms with Gasteiger partial charge in [-0.05, 0) is 18.9 Å². The minimum Gasteiger partial charge on any atom is -0.374 e. The number of hydrogen-bond donors (Lipinski definition) is 2. The maximum atomic E-state index is 12.4. The first-order valence-corrected chi connectivity index (χ1v) is 8.42. The number of anilines is 2. The Balaban J connectivity index is 2.13. The molecule has 0 spiro atoms. The summed E-state index contributed by atoms with van der Waals surface area (Å²) in [4.78, 5) is 22.8. The molecular formula is C13H15N5O3S2. The van der Waals surface area contributed by atoms with E-state index in [1.165, 1.54) is 35.2 Å². The van der Waals surface area contributed by atoms with Crippen molar-refractivity contribution in [3.63, 3.8) is 0 Å². The van der Waals surface area contributed by atoms with Gasteiger partial charge in [0.1, 0.15) is 0 Å². The average molecular weight is 353 g/mol. The Hall–Kier alpha value is -2.20. The third kappa shape index (κ3) is 4.39. The molecule has 0 bridgehead atoms. The number of nitrogens with zero attached hydrogens (tertiary/aromatic N) is 3. The zero-order valence-electron chi connectivity index (χ0n) is 12.5. The average Bonchev–Trinajstić information content (AvgIpc) is 2.91. The third-order valence-electron chi connectivity index (χ3n) is 3.02. The number of aryl methyl sites for hydroxylation is 1. The Labute approximate surface area is 140 Å². The summed E-state index contributed by atoms with van der Waals surface area (Å²) in [6.07, 6.45) is 0.573. The molecule has 0 aliphatic rings. The number of amides is 1. The number of nitrogens with one attached hydrogen (secondary N) is 1. The van der Waals surface area contributed by atoms with Crippen LogP contribution in [0, 0.1) is 17.0 Å². The second-order valence-corrected chi connectivity index (χ2v) is 7.13. The van der Waals surface area contributed by atoms with Gasteiger partial charge in [-0.1, -0.05) is 36.1 Å². The summed E-state index contributed by atoms with van der Waals surface area (Å²) in [6.45, 7) is 3.65. The van der Waals surface area contributed by atoms with Crippen LogP contribution in [0.25, 0.3) is 0 Å². The number of thioether (sulfide) groups is 1. The molecule has 10 heteroatoms. The molecule has 2 aromatic rings. The van der Waals surface area contributed by atoms with Gasteiger partial charge in [-0.25, -0.2) is 0 Å². The Morgan fingerprint density at radius 2 is 2.26 bits per heavy atom. The Bertz CT molecular complexity index is 734. The van der Waals surface area contributed by atoms with Crippen molar-refractivity contribution in [2.24, 2.45) is 0 Å². The minimum absolute atomic E-state index is 0.0662. The van der Waals surface area contributed by atoms with Crippen molar-refractivity contribution in [3.8, 4) is 0 Å². The van der Waals surface area contributed by atoms with E-state index in [2.05, 4.69) is 15.5 Å². The van der Waals surface area contributed by atoms with Crippen LogP contribution in [0.1, 0.15) is 18.9 Å². The number of aromatic nitrogens is 2. The molecule has 8 nitrogen and oxygen atoms in total. The number of rotatable bonds is 6. The van der Waals surface area contributed by atoms with Gasteiger partial charge in [0.05, 0.1) is 15.9 Å². The fourth-order valence-corrected chi connectivity index (χ4v) is 3.59. The van der Waals surface area contributed by atoms with Crippen LogP contribution in [0.4, 0.5) is 16.5 Å². The van der Waals surface area contributed by atoms with E-state index in [4.69, 9.17) is 5.73 Å². The van der Waals surface area contributed by atoms with Crippen LogP contribution in [0.15, 0.2) is 22.5 Å². The summed E-state index contributed by atoms with van der Waals surface area (Å²) >= 11 is 2.49. The van der Waals surface area contributed by atoms with Gasteiger partial charge in [-0.15, -0.1) is 10.2 Å². The van der Waals surface area contributed by atoms with E-state index in [0.29, 0.717) is 21.6 Å². The molecule has 122 valence electrons. The van der Waals surface area contributed by atoms with Crippen molar-refractivity contribution < 1.29 is 9.72 Å². The van der Waals surface area contributed by atoms with Crippen molar-refractivity contribution in [2.75, 3.05) is 11.1 Å². The highest BCUT2D eigenvalue weighted by atomic mass is 32.2. The first-order chi connectivity index (χ1) is 10.9. The topological polar surface area (TPSA) is 124 Å². The molecule has 1 atom stereocenters. The first-order valence-electron chi connectivity index (χ1n) is 6.72. The lowest BCUT2D eigenvalue weighted by molar-refractivity contribution is -0.384. The molecule has 0 aliphatic heterocycles. The van der Waals surface area contributed by atoms with Crippen LogP contribution in [0.3, 0.4) is 0 Å². The van der Waals surface area contributed by atoms with Gasteiger partial charge in [-0.3, -0.25) is 14.9 Å². The summed E-state index contributed by atoms with van der Waals surface area (Å²) in [5.74, 6) is -0.241. The summed E-state index contributed by atoms with van der Waals surface area (Å²) in [7, 11) is 0. The Kier molecular flexibility index (Phi) is 5.50. The maximum absolute atomic E-state index is 12.4. The van der Waals surface area contributed by atoms with Gasteiger partial charge < -0.3 is 11.1 Å². The lowest BCUT2D eigenvalue weighted by atomic mass is 10.1. The minimum atomic E-state index is -0.495. The van der Waals surface area contributed by atoms with E-state index < -0.39 is 4.92 Å². The smallest absolute Gasteiger partial charge is 0.271 e. The number of nitrogens with two attached hydrogens (primary N) is 1. The number of nitro benzene ring substituents is 1. The fraction of sp³-hybridized carbons (Fsp3) is 0.308. The zero-order chi connectivity index (χ0) is 17.0. The standard InChI is InChI=1S/C13H15N5O3S2/c1-3-10(22-13-17-16-12(14)23-13)11(19)15-9-6-8(18(20)21)5-4-7(9)2/h4-6,10H,3H2,1-2H3,(H2,14,16)(H,15,19). The molecule has 2 rings (SSSR count). The number of nitro groups is 1. The molecular weight excluding hydrogens is 338 g/mol. The number of benzene rings is 1. The number of carbonyl (C=O) groups is 1. The van der Waals surface area contributed by atoms with Crippen molar-refractivity contribution in [3.05, 3.63) is 33.9 Å². The summed E-state index contributed by atoms with van der Waals surface area (Å²) in [6, 6.07) is 4.36. The van der Waals surface area contributed by atoms with Crippen molar-refractivity contribution in [1.29, 1.82) is 0 Å². The second-order valence-electron chi connectivity index (χ2n) is 4.67. The Morgan fingerprint density at radius 1 is 1.52 bits per heavy atom. The van der Waals surface area contributed by atoms with Gasteiger partial charge in [0, 0.05) is 12.1 Å². The van der Waals surface area contributed by atoms with Crippen molar-refractivity contribution >= 4 is 45.5 Å². The molecule has 23 heavy (non-hydrogen) atoms. The summed E-state index contributed by atoms with van der Waals surface area (Å²) < 4.78 is 0.611. The number of nitrogen functional groups attached to an aromatic ring is 1. The van der Waals surface area contributed by atoms with E-state index in [0.717, 1.165) is 5.56 Å². The monoisotopic (exact) mass is 353 g/mol. The van der Waals surface area contributed by atoms with Gasteiger partial charge >= 0.3 is 0 Å². The highest BCUT2D eigenvalue weighted by molar-refractivity contribution is 8.02. The molecule has 1 amide bonds. The molecule has 0 aliphatic carbocycles. The van der Waals surface area contributed by atoms with E-state index in [1.54, 1.807) is 13.0 Å². The molecule has 0 saturated heterocycles. The van der Waals surface area contributed by atoms with Crippen molar-refractivity contribution in [1.82, 2.24) is 10.2 Å². The van der Waals surface area contributed by atoms with Crippen LogP contribution in [0.2, 0.25) is 0 Å². The SMILES string of the molecule is CCC(Sc1nnc(N)s1)C(=O)Nc1cc([N+](=O)[O-])ccc1C. The molecule has 0 saturated carbocycles. The van der Waals surface area contributed by atoms with E-state index in [1.807, 2.05) is 6.92 Å². The van der Waals surface area contributed by atoms with Crippen molar-refractivity contribution in [2.45, 2.75) is 29.9 Å². The molecule has 0 radical (unpaired) electrons. The van der Waals surface area contributed by atoms with E-state index in [-0.39, 0.29) is 16.8 Å². The molecule has 1 unspecified atom stereocenters. The van der Waals surface area contributed by atoms with E-state index in [9.17, 15) is 14.9 Å². The predicted octanol–water partition coefficient (Wildman–Crippen LogP) is 2.85. The van der Waals surface area contributed by atoms with Crippen LogP contribution in [0.5, 0.6) is 0 Å². The Morgan fingerprint density at radius 3 is 2.83 bits per heavy atom. The lowest BCUT2D eigenvalue weighted by Gasteiger charge is -2.14. The van der Waals surface area contributed by atoms with Crippen LogP contribution < -0.4 is 11.1 Å². The molecule has 1 heterocycles. The normalized spacial score (nSPS) is 11.9. The van der Waals surface area contributed by atoms with Crippen LogP contribution in [-0.4, -0.2) is 26.3 Å². The maximum Gasteiger partial charge on any atom is 0.271 e. The molecule has 3 N–H and O–H groups in total. The summed E-state index contributed by atoms with van der Waals surface area (Å²) in [5.41, 5.74) is 6.65. The number of carbonyl (C=O) groups excluding carboxylic acids is 1. The van der Waals surface area contributed by atoms with Gasteiger partial charge in [0.25, 0.3) is 5.69 Å². The highest BCUT2D eigenvalue weighted by Crippen LogP contribution is 2.30. The quantitative estimate of drug-likeness (QED) is 0.465. The van der Waals surface area contributed by atoms with E-state index >= 15 is 0 Å². The third-order valence-corrected chi connectivity index (χ3v) is 5.22. The second kappa shape index (κ2) is 7.38. The highest BCUT2D eigenvalue weighted by Gasteiger charge is 2.21. The fourth-order valence-electron chi connectivity index (χ4n) is 1.78. The van der Waals surface area contributed by atoms with Crippen LogP contribution >= 0.6 is 23.1 Å². The first kappa shape index (κ1) is 17.2. The number of non-ortho nitro benzene ring substituents is 1. The van der Waals surface area contributed by atoms with Gasteiger partial charge in [0.15, 0.2) is 4.34 Å². The van der Waals surface area contributed by atoms with Gasteiger partial charge in [0.2, 0.25) is 11.0 Å². The zero-order valence-corrected chi connectivity index (χ0v) is 14.1. The van der Waals surface area contributed by atoms with Crippen LogP contribution in [-0.2, 0) is 4.79 Å². The molecule has 1 aromatic carbocycles. The number of hydrogen-bond acceptors (Lipinski definition) is 8. The summed E-state index contributed by atoms with van der Waals surface area (Å²) in [5, 5.41) is 21.1. The predicted molar refractivity (Wildman–Crippen MR) is 90.7 cm³/mol. The molecule has 0 fully saturated rings. The van der Waals surface area contributed by atoms with Gasteiger partial charge in [-0.2, -0.15) is 0 Å². The molecule has 1 aromatic heterocycles. The largest absolute Gasteiger partial charge is 0.374 e. The lowest BCUT2D eigenvalue weighted by Crippen LogP contribution is -2.25.